The summed E-state index contributed by atoms with van der Waals surface area (Å²) in [6.07, 6.45) is 0.760. The minimum atomic E-state index is -1.12. The first-order chi connectivity index (χ1) is 10.0. The summed E-state index contributed by atoms with van der Waals surface area (Å²) in [6.45, 7) is 1.99. The molecule has 0 atom stereocenters. The molecule has 2 aromatic rings. The second-order valence-corrected chi connectivity index (χ2v) is 5.38. The van der Waals surface area contributed by atoms with Crippen LogP contribution < -0.4 is 5.32 Å². The van der Waals surface area contributed by atoms with E-state index >= 15 is 0 Å². The molecule has 108 valence electrons. The Morgan fingerprint density at radius 1 is 1.14 bits per heavy atom. The molecule has 0 radical (unpaired) electrons. The minimum absolute atomic E-state index is 0.00911. The van der Waals surface area contributed by atoms with Gasteiger partial charge >= 0.3 is 5.97 Å². The number of aryl methyl sites for hydroxylation is 1. The Hall–Kier alpha value is -2.14. The summed E-state index contributed by atoms with van der Waals surface area (Å²) in [6, 6.07) is 11.7. The number of amides is 1. The fraction of sp³-hybridized carbons (Fsp3) is 0.125. The molecule has 0 unspecified atom stereocenters. The first-order valence-electron chi connectivity index (χ1n) is 6.45. The Morgan fingerprint density at radius 2 is 1.81 bits per heavy atom. The number of rotatable bonds is 4. The number of hydrogen-bond donors (Lipinski definition) is 2. The van der Waals surface area contributed by atoms with Gasteiger partial charge in [0.15, 0.2) is 0 Å². The molecule has 0 aliphatic rings. The standard InChI is InChI=1S/C16H14BrNO3/c1-2-10-9-11(17)7-8-14(10)18-15(19)12-5-3-4-6-13(12)16(20)21/h3-9H,2H2,1H3,(H,18,19)(H,20,21). The number of aromatic carboxylic acids is 1. The van der Waals surface area contributed by atoms with Crippen molar-refractivity contribution in [2.45, 2.75) is 13.3 Å². The summed E-state index contributed by atoms with van der Waals surface area (Å²) < 4.78 is 0.934. The molecule has 0 fully saturated rings. The van der Waals surface area contributed by atoms with Gasteiger partial charge in [-0.15, -0.1) is 0 Å². The smallest absolute Gasteiger partial charge is 0.336 e. The Balaban J connectivity index is 2.33. The summed E-state index contributed by atoms with van der Waals surface area (Å²) in [5.74, 6) is -1.54. The van der Waals surface area contributed by atoms with Crippen molar-refractivity contribution in [3.05, 3.63) is 63.6 Å². The van der Waals surface area contributed by atoms with E-state index in [-0.39, 0.29) is 11.1 Å². The van der Waals surface area contributed by atoms with Crippen LogP contribution in [0.15, 0.2) is 46.9 Å². The van der Waals surface area contributed by atoms with Crippen LogP contribution in [0.25, 0.3) is 0 Å². The van der Waals surface area contributed by atoms with Crippen LogP contribution in [0.5, 0.6) is 0 Å². The quantitative estimate of drug-likeness (QED) is 0.879. The van der Waals surface area contributed by atoms with Crippen molar-refractivity contribution in [2.24, 2.45) is 0 Å². The maximum Gasteiger partial charge on any atom is 0.336 e. The van der Waals surface area contributed by atoms with Crippen LogP contribution in [0, 0.1) is 0 Å². The van der Waals surface area contributed by atoms with Crippen molar-refractivity contribution in [1.29, 1.82) is 0 Å². The Kier molecular flexibility index (Phi) is 4.75. The molecule has 0 aliphatic carbocycles. The molecule has 0 saturated carbocycles. The molecule has 2 rings (SSSR count). The van der Waals surface area contributed by atoms with E-state index in [0.29, 0.717) is 5.69 Å². The van der Waals surface area contributed by atoms with Gasteiger partial charge in [0.25, 0.3) is 5.91 Å². The number of carboxylic acid groups (broad SMARTS) is 1. The fourth-order valence-electron chi connectivity index (χ4n) is 2.03. The average molecular weight is 348 g/mol. The zero-order valence-corrected chi connectivity index (χ0v) is 13.0. The van der Waals surface area contributed by atoms with Crippen LogP contribution in [-0.4, -0.2) is 17.0 Å². The number of carbonyl (C=O) groups excluding carboxylic acids is 1. The lowest BCUT2D eigenvalue weighted by Gasteiger charge is -2.11. The van der Waals surface area contributed by atoms with Crippen molar-refractivity contribution in [1.82, 2.24) is 0 Å². The highest BCUT2D eigenvalue weighted by Crippen LogP contribution is 2.22. The Morgan fingerprint density at radius 3 is 2.43 bits per heavy atom. The molecule has 2 N–H and O–H groups in total. The van der Waals surface area contributed by atoms with Crippen LogP contribution in [0.1, 0.15) is 33.2 Å². The lowest BCUT2D eigenvalue weighted by atomic mass is 10.1. The summed E-state index contributed by atoms with van der Waals surface area (Å²) >= 11 is 3.39. The van der Waals surface area contributed by atoms with E-state index in [9.17, 15) is 9.59 Å². The number of hydrogen-bond acceptors (Lipinski definition) is 2. The minimum Gasteiger partial charge on any atom is -0.478 e. The van der Waals surface area contributed by atoms with Crippen molar-refractivity contribution in [3.8, 4) is 0 Å². The highest BCUT2D eigenvalue weighted by Gasteiger charge is 2.16. The van der Waals surface area contributed by atoms with E-state index in [1.54, 1.807) is 18.2 Å². The van der Waals surface area contributed by atoms with Crippen molar-refractivity contribution >= 4 is 33.5 Å². The molecule has 0 bridgehead atoms. The van der Waals surface area contributed by atoms with Crippen LogP contribution in [0.3, 0.4) is 0 Å². The monoisotopic (exact) mass is 347 g/mol. The van der Waals surface area contributed by atoms with Crippen LogP contribution >= 0.6 is 15.9 Å². The second-order valence-electron chi connectivity index (χ2n) is 4.46. The molecule has 0 spiro atoms. The van der Waals surface area contributed by atoms with Gasteiger partial charge in [0.2, 0.25) is 0 Å². The van der Waals surface area contributed by atoms with Gasteiger partial charge in [0, 0.05) is 10.2 Å². The van der Waals surface area contributed by atoms with Crippen LogP contribution in [0.4, 0.5) is 5.69 Å². The summed E-state index contributed by atoms with van der Waals surface area (Å²) in [4.78, 5) is 23.5. The van der Waals surface area contributed by atoms with Gasteiger partial charge in [0.1, 0.15) is 0 Å². The molecule has 21 heavy (non-hydrogen) atoms. The number of anilines is 1. The maximum absolute atomic E-state index is 12.3. The molecule has 1 amide bonds. The summed E-state index contributed by atoms with van der Waals surface area (Å²) in [5, 5.41) is 11.9. The summed E-state index contributed by atoms with van der Waals surface area (Å²) in [5.41, 5.74) is 1.80. The maximum atomic E-state index is 12.3. The number of carbonyl (C=O) groups is 2. The molecular formula is C16H14BrNO3. The lowest BCUT2D eigenvalue weighted by molar-refractivity contribution is 0.0692. The third-order valence-corrected chi connectivity index (χ3v) is 3.59. The highest BCUT2D eigenvalue weighted by atomic mass is 79.9. The van der Waals surface area contributed by atoms with Gasteiger partial charge < -0.3 is 10.4 Å². The third-order valence-electron chi connectivity index (χ3n) is 3.10. The first kappa shape index (κ1) is 15.3. The fourth-order valence-corrected chi connectivity index (χ4v) is 2.44. The third kappa shape index (κ3) is 3.49. The van der Waals surface area contributed by atoms with Crippen molar-refractivity contribution in [2.75, 3.05) is 5.32 Å². The van der Waals surface area contributed by atoms with Gasteiger partial charge in [0.05, 0.1) is 11.1 Å². The van der Waals surface area contributed by atoms with E-state index in [1.165, 1.54) is 12.1 Å². The number of carboxylic acids is 1. The number of halogens is 1. The molecule has 0 aromatic heterocycles. The van der Waals surface area contributed by atoms with E-state index in [0.717, 1.165) is 16.5 Å². The summed E-state index contributed by atoms with van der Waals surface area (Å²) in [7, 11) is 0. The van der Waals surface area contributed by atoms with E-state index in [4.69, 9.17) is 5.11 Å². The molecule has 5 heteroatoms. The molecule has 4 nitrogen and oxygen atoms in total. The first-order valence-corrected chi connectivity index (χ1v) is 7.24. The molecule has 0 heterocycles. The largest absolute Gasteiger partial charge is 0.478 e. The van der Waals surface area contributed by atoms with Crippen LogP contribution in [0.2, 0.25) is 0 Å². The SMILES string of the molecule is CCc1cc(Br)ccc1NC(=O)c1ccccc1C(=O)O. The lowest BCUT2D eigenvalue weighted by Crippen LogP contribution is -2.17. The number of nitrogens with one attached hydrogen (secondary N) is 1. The zero-order chi connectivity index (χ0) is 15.4. The second kappa shape index (κ2) is 6.54. The van der Waals surface area contributed by atoms with E-state index in [2.05, 4.69) is 21.2 Å². The highest BCUT2D eigenvalue weighted by molar-refractivity contribution is 9.10. The normalized spacial score (nSPS) is 10.2. The van der Waals surface area contributed by atoms with Gasteiger partial charge in [-0.2, -0.15) is 0 Å². The van der Waals surface area contributed by atoms with Crippen molar-refractivity contribution in [3.63, 3.8) is 0 Å². The predicted octanol–water partition coefficient (Wildman–Crippen LogP) is 3.96. The Bertz CT molecular complexity index is 698. The van der Waals surface area contributed by atoms with Crippen molar-refractivity contribution < 1.29 is 14.7 Å². The van der Waals surface area contributed by atoms with Gasteiger partial charge in [-0.3, -0.25) is 4.79 Å². The van der Waals surface area contributed by atoms with Crippen LogP contribution in [-0.2, 0) is 6.42 Å². The van der Waals surface area contributed by atoms with Gasteiger partial charge in [-0.1, -0.05) is 35.0 Å². The predicted molar refractivity (Wildman–Crippen MR) is 84.9 cm³/mol. The van der Waals surface area contributed by atoms with E-state index < -0.39 is 11.9 Å². The molecule has 0 aliphatic heterocycles. The molecular weight excluding hydrogens is 334 g/mol. The van der Waals surface area contributed by atoms with Gasteiger partial charge in [-0.25, -0.2) is 4.79 Å². The zero-order valence-electron chi connectivity index (χ0n) is 11.4. The Labute approximate surface area is 130 Å². The number of benzene rings is 2. The molecule has 2 aromatic carbocycles. The topological polar surface area (TPSA) is 66.4 Å². The van der Waals surface area contributed by atoms with Gasteiger partial charge in [-0.05, 0) is 42.3 Å². The molecule has 0 saturated heterocycles. The van der Waals surface area contributed by atoms with E-state index in [1.807, 2.05) is 19.1 Å². The average Bonchev–Trinajstić information content (AvgIpc) is 2.48.